The number of amides is 1. The molecule has 1 aliphatic rings. The van der Waals surface area contributed by atoms with Crippen molar-refractivity contribution in [3.8, 4) is 0 Å². The van der Waals surface area contributed by atoms with E-state index in [1.54, 1.807) is 23.6 Å². The molecule has 1 atom stereocenters. The van der Waals surface area contributed by atoms with Crippen molar-refractivity contribution in [2.75, 3.05) is 13.1 Å². The third kappa shape index (κ3) is 3.10. The van der Waals surface area contributed by atoms with Gasteiger partial charge in [-0.25, -0.2) is 8.42 Å². The molecule has 1 amide bonds. The third-order valence-corrected chi connectivity index (χ3v) is 7.82. The Morgan fingerprint density at radius 2 is 2.05 bits per heavy atom. The standard InChI is InChI=1S/C14H16N2O3S3/c17-14(12-5-2-8-20-12)15-10-11-4-1-7-16(11)22(18,19)13-6-3-9-21-13/h2-3,5-6,8-9,11H,1,4,7,10H2,(H,15,17)/t11-/m0/s1. The van der Waals surface area contributed by atoms with E-state index in [9.17, 15) is 13.2 Å². The molecule has 0 aromatic carbocycles. The van der Waals surface area contributed by atoms with Gasteiger partial charge in [0.25, 0.3) is 15.9 Å². The average molecular weight is 356 g/mol. The predicted molar refractivity (Wildman–Crippen MR) is 87.9 cm³/mol. The predicted octanol–water partition coefficient (Wildman–Crippen LogP) is 2.39. The van der Waals surface area contributed by atoms with E-state index in [4.69, 9.17) is 0 Å². The van der Waals surface area contributed by atoms with Gasteiger partial charge in [-0.05, 0) is 35.7 Å². The molecule has 1 fully saturated rings. The normalized spacial score (nSPS) is 19.4. The van der Waals surface area contributed by atoms with Gasteiger partial charge in [0, 0.05) is 19.1 Å². The third-order valence-electron chi connectivity index (χ3n) is 3.62. The number of carbonyl (C=O) groups is 1. The first kappa shape index (κ1) is 15.7. The average Bonchev–Trinajstić information content (AvgIpc) is 3.27. The van der Waals surface area contributed by atoms with Crippen molar-refractivity contribution in [1.82, 2.24) is 9.62 Å². The summed E-state index contributed by atoms with van der Waals surface area (Å²) in [4.78, 5) is 12.6. The Morgan fingerprint density at radius 3 is 2.73 bits per heavy atom. The summed E-state index contributed by atoms with van der Waals surface area (Å²) in [6.07, 6.45) is 1.60. The first-order chi connectivity index (χ1) is 10.6. The molecular formula is C14H16N2O3S3. The molecule has 0 spiro atoms. The molecule has 0 aliphatic carbocycles. The van der Waals surface area contributed by atoms with Gasteiger partial charge in [-0.2, -0.15) is 4.31 Å². The molecule has 1 aliphatic heterocycles. The number of sulfonamides is 1. The van der Waals surface area contributed by atoms with Crippen LogP contribution in [0.2, 0.25) is 0 Å². The summed E-state index contributed by atoms with van der Waals surface area (Å²) < 4.78 is 27.1. The van der Waals surface area contributed by atoms with Crippen LogP contribution in [0.25, 0.3) is 0 Å². The quantitative estimate of drug-likeness (QED) is 0.894. The molecule has 0 radical (unpaired) electrons. The minimum atomic E-state index is -3.44. The van der Waals surface area contributed by atoms with Gasteiger partial charge in [0.05, 0.1) is 4.88 Å². The van der Waals surface area contributed by atoms with Gasteiger partial charge >= 0.3 is 0 Å². The highest BCUT2D eigenvalue weighted by molar-refractivity contribution is 7.91. The van der Waals surface area contributed by atoms with Crippen molar-refractivity contribution in [2.45, 2.75) is 23.1 Å². The summed E-state index contributed by atoms with van der Waals surface area (Å²) in [5.74, 6) is -0.143. The van der Waals surface area contributed by atoms with Crippen LogP contribution in [-0.4, -0.2) is 37.8 Å². The van der Waals surface area contributed by atoms with E-state index >= 15 is 0 Å². The lowest BCUT2D eigenvalue weighted by atomic mass is 10.2. The molecule has 3 rings (SSSR count). The number of nitrogens with zero attached hydrogens (tertiary/aromatic N) is 1. The zero-order valence-electron chi connectivity index (χ0n) is 11.8. The number of thiophene rings is 2. The lowest BCUT2D eigenvalue weighted by Crippen LogP contribution is -2.42. The van der Waals surface area contributed by atoms with Gasteiger partial charge in [-0.3, -0.25) is 4.79 Å². The summed E-state index contributed by atoms with van der Waals surface area (Å²) in [5.41, 5.74) is 0. The number of hydrogen-bond acceptors (Lipinski definition) is 5. The zero-order valence-corrected chi connectivity index (χ0v) is 14.2. The maximum Gasteiger partial charge on any atom is 0.261 e. The van der Waals surface area contributed by atoms with Crippen molar-refractivity contribution >= 4 is 38.6 Å². The van der Waals surface area contributed by atoms with Crippen molar-refractivity contribution in [3.63, 3.8) is 0 Å². The fourth-order valence-electron chi connectivity index (χ4n) is 2.56. The molecule has 118 valence electrons. The zero-order chi connectivity index (χ0) is 15.6. The van der Waals surface area contributed by atoms with E-state index < -0.39 is 10.0 Å². The molecule has 1 N–H and O–H groups in total. The van der Waals surface area contributed by atoms with Crippen molar-refractivity contribution < 1.29 is 13.2 Å². The van der Waals surface area contributed by atoms with Crippen LogP contribution in [-0.2, 0) is 10.0 Å². The smallest absolute Gasteiger partial charge is 0.261 e. The summed E-state index contributed by atoms with van der Waals surface area (Å²) >= 11 is 2.60. The summed E-state index contributed by atoms with van der Waals surface area (Å²) in [6, 6.07) is 6.77. The molecule has 0 saturated carbocycles. The summed E-state index contributed by atoms with van der Waals surface area (Å²) in [7, 11) is -3.44. The number of hydrogen-bond donors (Lipinski definition) is 1. The fourth-order valence-corrected chi connectivity index (χ4v) is 6.01. The van der Waals surface area contributed by atoms with E-state index in [2.05, 4.69) is 5.32 Å². The molecule has 0 unspecified atom stereocenters. The maximum atomic E-state index is 12.6. The number of rotatable bonds is 5. The molecule has 8 heteroatoms. The molecule has 3 heterocycles. The Bertz CT molecular complexity index is 723. The highest BCUT2D eigenvalue weighted by Gasteiger charge is 2.35. The second-order valence-electron chi connectivity index (χ2n) is 5.03. The van der Waals surface area contributed by atoms with Gasteiger partial charge in [-0.15, -0.1) is 22.7 Å². The van der Waals surface area contributed by atoms with Crippen LogP contribution in [0.15, 0.2) is 39.2 Å². The Labute approximate surface area is 137 Å². The SMILES string of the molecule is O=C(NC[C@@H]1CCCN1S(=O)(=O)c1cccs1)c1cccs1. The Kier molecular flexibility index (Phi) is 4.62. The Morgan fingerprint density at radius 1 is 1.27 bits per heavy atom. The van der Waals surface area contributed by atoms with Crippen molar-refractivity contribution in [3.05, 3.63) is 39.9 Å². The van der Waals surface area contributed by atoms with Crippen LogP contribution in [0.4, 0.5) is 0 Å². The molecule has 5 nitrogen and oxygen atoms in total. The van der Waals surface area contributed by atoms with Crippen LogP contribution in [0, 0.1) is 0 Å². The second kappa shape index (κ2) is 6.49. The van der Waals surface area contributed by atoms with E-state index in [1.807, 2.05) is 11.4 Å². The first-order valence-corrected chi connectivity index (χ1v) is 10.2. The summed E-state index contributed by atoms with van der Waals surface area (Å²) in [6.45, 7) is 0.862. The highest BCUT2D eigenvalue weighted by atomic mass is 32.2. The minimum Gasteiger partial charge on any atom is -0.350 e. The van der Waals surface area contributed by atoms with Crippen LogP contribution < -0.4 is 5.32 Å². The lowest BCUT2D eigenvalue weighted by Gasteiger charge is -2.23. The molecular weight excluding hydrogens is 340 g/mol. The largest absolute Gasteiger partial charge is 0.350 e. The van der Waals surface area contributed by atoms with E-state index in [0.717, 1.165) is 12.8 Å². The molecule has 0 bridgehead atoms. The van der Waals surface area contributed by atoms with E-state index in [-0.39, 0.29) is 11.9 Å². The Hall–Kier alpha value is -1.22. The topological polar surface area (TPSA) is 66.5 Å². The van der Waals surface area contributed by atoms with Crippen LogP contribution in [0.3, 0.4) is 0 Å². The van der Waals surface area contributed by atoms with E-state index in [0.29, 0.717) is 22.2 Å². The second-order valence-corrected chi connectivity index (χ2v) is 9.04. The molecule has 1 saturated heterocycles. The van der Waals surface area contributed by atoms with Gasteiger partial charge in [-0.1, -0.05) is 12.1 Å². The highest BCUT2D eigenvalue weighted by Crippen LogP contribution is 2.28. The number of nitrogens with one attached hydrogen (secondary N) is 1. The monoisotopic (exact) mass is 356 g/mol. The lowest BCUT2D eigenvalue weighted by molar-refractivity contribution is 0.0950. The van der Waals surface area contributed by atoms with E-state index in [1.165, 1.54) is 27.0 Å². The number of carbonyl (C=O) groups excluding carboxylic acids is 1. The van der Waals surface area contributed by atoms with Crippen molar-refractivity contribution in [1.29, 1.82) is 0 Å². The van der Waals surface area contributed by atoms with Crippen LogP contribution in [0.5, 0.6) is 0 Å². The van der Waals surface area contributed by atoms with Gasteiger partial charge in [0.2, 0.25) is 0 Å². The van der Waals surface area contributed by atoms with Crippen LogP contribution in [0.1, 0.15) is 22.5 Å². The Balaban J connectivity index is 1.68. The molecule has 2 aromatic heterocycles. The van der Waals surface area contributed by atoms with Gasteiger partial charge in [0.15, 0.2) is 0 Å². The first-order valence-electron chi connectivity index (χ1n) is 6.96. The maximum absolute atomic E-state index is 12.6. The molecule has 22 heavy (non-hydrogen) atoms. The summed E-state index contributed by atoms with van der Waals surface area (Å²) in [5, 5.41) is 6.45. The van der Waals surface area contributed by atoms with Gasteiger partial charge < -0.3 is 5.32 Å². The minimum absolute atomic E-state index is 0.143. The fraction of sp³-hybridized carbons (Fsp3) is 0.357. The van der Waals surface area contributed by atoms with Crippen molar-refractivity contribution in [2.24, 2.45) is 0 Å². The molecule has 2 aromatic rings. The van der Waals surface area contributed by atoms with Crippen LogP contribution >= 0.6 is 22.7 Å². The van der Waals surface area contributed by atoms with Gasteiger partial charge in [0.1, 0.15) is 4.21 Å².